The Balaban J connectivity index is 1.69. The molecule has 2 aromatic carbocycles. The molecule has 6 nitrogen and oxygen atoms in total. The van der Waals surface area contributed by atoms with Crippen LogP contribution in [0.25, 0.3) is 0 Å². The van der Waals surface area contributed by atoms with Crippen LogP contribution in [-0.2, 0) is 6.42 Å². The van der Waals surface area contributed by atoms with Crippen LogP contribution in [-0.4, -0.2) is 36.2 Å². The predicted molar refractivity (Wildman–Crippen MR) is 106 cm³/mol. The van der Waals surface area contributed by atoms with Crippen LogP contribution in [0, 0.1) is 5.92 Å². The second kappa shape index (κ2) is 8.22. The number of fused-ring (bicyclic) bond motifs is 1. The summed E-state index contributed by atoms with van der Waals surface area (Å²) in [5, 5.41) is 14.7. The molecule has 2 atom stereocenters. The van der Waals surface area contributed by atoms with Crippen LogP contribution < -0.4 is 15.5 Å². The zero-order chi connectivity index (χ0) is 19.4. The Morgan fingerprint density at radius 2 is 1.93 bits per heavy atom. The van der Waals surface area contributed by atoms with Gasteiger partial charge in [0.2, 0.25) is 0 Å². The van der Waals surface area contributed by atoms with Crippen molar-refractivity contribution in [2.45, 2.75) is 26.3 Å². The highest BCUT2D eigenvalue weighted by molar-refractivity contribution is 6.08. The van der Waals surface area contributed by atoms with Gasteiger partial charge in [0.15, 0.2) is 0 Å². The molecule has 1 aliphatic heterocycles. The molecule has 0 aromatic heterocycles. The average molecular weight is 367 g/mol. The molecule has 1 heterocycles. The van der Waals surface area contributed by atoms with Crippen molar-refractivity contribution in [3.63, 3.8) is 0 Å². The summed E-state index contributed by atoms with van der Waals surface area (Å²) in [4.78, 5) is 26.8. The van der Waals surface area contributed by atoms with Crippen molar-refractivity contribution in [3.8, 4) is 0 Å². The van der Waals surface area contributed by atoms with E-state index in [-0.39, 0.29) is 30.5 Å². The van der Waals surface area contributed by atoms with E-state index in [0.29, 0.717) is 17.8 Å². The lowest BCUT2D eigenvalue weighted by molar-refractivity contribution is 0.0989. The minimum atomic E-state index is -0.362. The highest BCUT2D eigenvalue weighted by Crippen LogP contribution is 2.29. The number of hydrogen-bond acceptors (Lipinski definition) is 3. The predicted octanol–water partition coefficient (Wildman–Crippen LogP) is 3.03. The Hall–Kier alpha value is -2.86. The van der Waals surface area contributed by atoms with Crippen molar-refractivity contribution < 1.29 is 14.7 Å². The van der Waals surface area contributed by atoms with Crippen molar-refractivity contribution in [2.24, 2.45) is 5.92 Å². The van der Waals surface area contributed by atoms with E-state index < -0.39 is 0 Å². The Kier molecular flexibility index (Phi) is 5.76. The number of carbonyl (C=O) groups excluding carboxylic acids is 2. The molecule has 3 amide bonds. The fourth-order valence-corrected chi connectivity index (χ4v) is 3.11. The van der Waals surface area contributed by atoms with Crippen LogP contribution in [0.4, 0.5) is 16.2 Å². The number of rotatable bonds is 5. The molecule has 3 rings (SSSR count). The van der Waals surface area contributed by atoms with Gasteiger partial charge in [0.1, 0.15) is 0 Å². The third-order valence-corrected chi connectivity index (χ3v) is 5.00. The molecular formula is C21H25N3O3. The maximum absolute atomic E-state index is 12.9. The Labute approximate surface area is 159 Å². The lowest BCUT2D eigenvalue weighted by Crippen LogP contribution is -2.40. The van der Waals surface area contributed by atoms with Crippen LogP contribution in [0.15, 0.2) is 48.5 Å². The molecule has 3 N–H and O–H groups in total. The van der Waals surface area contributed by atoms with Gasteiger partial charge in [-0.15, -0.1) is 0 Å². The topological polar surface area (TPSA) is 81.7 Å². The molecule has 0 saturated heterocycles. The standard InChI is InChI=1S/C21H25N3O3/c1-14(13-25)15(2)22-21(27)23-18-8-5-7-17(12-18)20(26)24-11-10-16-6-3-4-9-19(16)24/h3-9,12,14-15,25H,10-11,13H2,1-2H3,(H2,22,23,27)/t14-,15-/m0/s1. The summed E-state index contributed by atoms with van der Waals surface area (Å²) in [6.07, 6.45) is 0.850. The maximum Gasteiger partial charge on any atom is 0.319 e. The second-order valence-electron chi connectivity index (χ2n) is 6.96. The fraction of sp³-hybridized carbons (Fsp3) is 0.333. The van der Waals surface area contributed by atoms with Crippen molar-refractivity contribution in [1.29, 1.82) is 0 Å². The molecule has 142 valence electrons. The number of urea groups is 1. The first-order chi connectivity index (χ1) is 13.0. The summed E-state index contributed by atoms with van der Waals surface area (Å²) in [6, 6.07) is 14.3. The van der Waals surface area contributed by atoms with Crippen molar-refractivity contribution >= 4 is 23.3 Å². The van der Waals surface area contributed by atoms with Gasteiger partial charge in [0.05, 0.1) is 0 Å². The van der Waals surface area contributed by atoms with Crippen molar-refractivity contribution in [1.82, 2.24) is 5.32 Å². The summed E-state index contributed by atoms with van der Waals surface area (Å²) in [5.41, 5.74) is 3.20. The normalized spacial score (nSPS) is 15.0. The Morgan fingerprint density at radius 3 is 2.70 bits per heavy atom. The third-order valence-electron chi connectivity index (χ3n) is 5.00. The first kappa shape index (κ1) is 18.9. The van der Waals surface area contributed by atoms with E-state index in [0.717, 1.165) is 12.1 Å². The molecule has 0 fully saturated rings. The van der Waals surface area contributed by atoms with Gasteiger partial charge in [-0.1, -0.05) is 31.2 Å². The summed E-state index contributed by atoms with van der Waals surface area (Å²) in [5.74, 6) is -0.120. The molecule has 0 spiro atoms. The van der Waals surface area contributed by atoms with Crippen LogP contribution >= 0.6 is 0 Å². The zero-order valence-electron chi connectivity index (χ0n) is 15.6. The summed E-state index contributed by atoms with van der Waals surface area (Å²) >= 11 is 0. The van der Waals surface area contributed by atoms with E-state index >= 15 is 0 Å². The van der Waals surface area contributed by atoms with Crippen LogP contribution in [0.1, 0.15) is 29.8 Å². The van der Waals surface area contributed by atoms with Gasteiger partial charge >= 0.3 is 6.03 Å². The monoisotopic (exact) mass is 367 g/mol. The molecule has 6 heteroatoms. The molecule has 0 unspecified atom stereocenters. The summed E-state index contributed by atoms with van der Waals surface area (Å²) in [6.45, 7) is 4.36. The molecule has 0 saturated carbocycles. The van der Waals surface area contributed by atoms with Gasteiger partial charge in [-0.25, -0.2) is 4.79 Å². The largest absolute Gasteiger partial charge is 0.396 e. The zero-order valence-corrected chi connectivity index (χ0v) is 15.6. The molecule has 1 aliphatic rings. The van der Waals surface area contributed by atoms with Gasteiger partial charge in [-0.2, -0.15) is 0 Å². The van der Waals surface area contributed by atoms with Gasteiger partial charge in [0, 0.05) is 36.1 Å². The van der Waals surface area contributed by atoms with E-state index in [2.05, 4.69) is 10.6 Å². The second-order valence-corrected chi connectivity index (χ2v) is 6.96. The molecular weight excluding hydrogens is 342 g/mol. The first-order valence-electron chi connectivity index (χ1n) is 9.18. The lowest BCUT2D eigenvalue weighted by atomic mass is 10.1. The van der Waals surface area contributed by atoms with Crippen molar-refractivity contribution in [2.75, 3.05) is 23.4 Å². The van der Waals surface area contributed by atoms with Crippen LogP contribution in [0.5, 0.6) is 0 Å². The average Bonchev–Trinajstić information content (AvgIpc) is 3.10. The molecule has 27 heavy (non-hydrogen) atoms. The first-order valence-corrected chi connectivity index (χ1v) is 9.18. The Morgan fingerprint density at radius 1 is 1.15 bits per heavy atom. The molecule has 0 radical (unpaired) electrons. The third kappa shape index (κ3) is 4.28. The highest BCUT2D eigenvalue weighted by atomic mass is 16.3. The van der Waals surface area contributed by atoms with E-state index in [1.165, 1.54) is 5.56 Å². The Bertz CT molecular complexity index is 837. The number of carbonyl (C=O) groups is 2. The lowest BCUT2D eigenvalue weighted by Gasteiger charge is -2.20. The minimum absolute atomic E-state index is 0.00272. The quantitative estimate of drug-likeness (QED) is 0.760. The SMILES string of the molecule is C[C@H](NC(=O)Nc1cccc(C(=O)N2CCc3ccccc32)c1)[C@@H](C)CO. The van der Waals surface area contributed by atoms with Gasteiger partial charge in [0.25, 0.3) is 5.91 Å². The van der Waals surface area contributed by atoms with E-state index in [1.807, 2.05) is 38.1 Å². The maximum atomic E-state index is 12.9. The number of nitrogens with zero attached hydrogens (tertiary/aromatic N) is 1. The van der Waals surface area contributed by atoms with Crippen LogP contribution in [0.3, 0.4) is 0 Å². The molecule has 2 aromatic rings. The minimum Gasteiger partial charge on any atom is -0.396 e. The number of aliphatic hydroxyl groups excluding tert-OH is 1. The van der Waals surface area contributed by atoms with Gasteiger partial charge in [-0.3, -0.25) is 4.79 Å². The summed E-state index contributed by atoms with van der Waals surface area (Å²) in [7, 11) is 0. The highest BCUT2D eigenvalue weighted by Gasteiger charge is 2.25. The fourth-order valence-electron chi connectivity index (χ4n) is 3.11. The van der Waals surface area contributed by atoms with E-state index in [1.54, 1.807) is 29.2 Å². The molecule has 0 bridgehead atoms. The van der Waals surface area contributed by atoms with Crippen LogP contribution in [0.2, 0.25) is 0 Å². The van der Waals surface area contributed by atoms with Gasteiger partial charge in [-0.05, 0) is 49.1 Å². The number of hydrogen-bond donors (Lipinski definition) is 3. The number of para-hydroxylation sites is 1. The number of anilines is 2. The summed E-state index contributed by atoms with van der Waals surface area (Å²) < 4.78 is 0. The smallest absolute Gasteiger partial charge is 0.319 e. The number of amides is 3. The molecule has 0 aliphatic carbocycles. The number of nitrogens with one attached hydrogen (secondary N) is 2. The van der Waals surface area contributed by atoms with E-state index in [4.69, 9.17) is 5.11 Å². The van der Waals surface area contributed by atoms with E-state index in [9.17, 15) is 9.59 Å². The van der Waals surface area contributed by atoms with Crippen molar-refractivity contribution in [3.05, 3.63) is 59.7 Å². The number of aliphatic hydroxyl groups is 1. The van der Waals surface area contributed by atoms with Gasteiger partial charge < -0.3 is 20.6 Å². The number of benzene rings is 2.